The maximum Gasteiger partial charge on any atom is 0.250 e. The Balaban J connectivity index is 1.29. The summed E-state index contributed by atoms with van der Waals surface area (Å²) in [5.74, 6) is 1.19. The Bertz CT molecular complexity index is 1350. The van der Waals surface area contributed by atoms with Crippen LogP contribution in [0.15, 0.2) is 65.3 Å². The molecule has 33 heavy (non-hydrogen) atoms. The van der Waals surface area contributed by atoms with Gasteiger partial charge in [0.25, 0.3) is 5.56 Å². The number of rotatable bonds is 3. The van der Waals surface area contributed by atoms with Gasteiger partial charge in [-0.2, -0.15) is 0 Å². The van der Waals surface area contributed by atoms with Crippen molar-refractivity contribution in [3.05, 3.63) is 93.4 Å². The third-order valence-corrected chi connectivity index (χ3v) is 6.82. The Kier molecular flexibility index (Phi) is 4.66. The van der Waals surface area contributed by atoms with Crippen LogP contribution >= 0.6 is 0 Å². The van der Waals surface area contributed by atoms with Crippen LogP contribution < -0.4 is 10.3 Å². The number of aromatic nitrogens is 2. The van der Waals surface area contributed by atoms with Crippen LogP contribution in [-0.2, 0) is 13.1 Å². The number of Topliss-reactive ketones (excluding diaryl/α,β-unsaturated/α-hetero) is 1. The fraction of sp³-hybridized carbons (Fsp3) is 0.269. The van der Waals surface area contributed by atoms with Crippen LogP contribution in [-0.4, -0.2) is 38.4 Å². The smallest absolute Gasteiger partial charge is 0.250 e. The Hall–Kier alpha value is -3.71. The van der Waals surface area contributed by atoms with Crippen molar-refractivity contribution in [3.63, 3.8) is 0 Å². The zero-order chi connectivity index (χ0) is 22.5. The number of nitrogens with zero attached hydrogens (tertiary/aromatic N) is 3. The van der Waals surface area contributed by atoms with E-state index >= 15 is 0 Å². The Labute approximate surface area is 190 Å². The number of benzene rings is 1. The Morgan fingerprint density at radius 2 is 1.97 bits per heavy atom. The molecule has 2 bridgehead atoms. The summed E-state index contributed by atoms with van der Waals surface area (Å²) >= 11 is 0. The number of hydrogen-bond acceptors (Lipinski definition) is 6. The number of fused-ring (bicyclic) bond motifs is 5. The van der Waals surface area contributed by atoms with Gasteiger partial charge in [0.05, 0.1) is 16.8 Å². The molecular weight excluding hydrogens is 418 g/mol. The van der Waals surface area contributed by atoms with Crippen molar-refractivity contribution in [2.24, 2.45) is 5.92 Å². The number of ether oxygens (including phenoxy) is 1. The molecule has 3 aromatic rings. The molecule has 7 nitrogen and oxygen atoms in total. The lowest BCUT2D eigenvalue weighted by atomic mass is 9.83. The van der Waals surface area contributed by atoms with Gasteiger partial charge in [-0.25, -0.2) is 0 Å². The number of allylic oxidation sites excluding steroid dienone is 1. The largest absolute Gasteiger partial charge is 0.507 e. The van der Waals surface area contributed by atoms with Crippen LogP contribution in [0.2, 0.25) is 0 Å². The lowest BCUT2D eigenvalue weighted by Gasteiger charge is -2.42. The van der Waals surface area contributed by atoms with E-state index in [2.05, 4.69) is 9.88 Å². The first-order chi connectivity index (χ1) is 16.1. The number of ketones is 1. The molecule has 3 aliphatic rings. The Morgan fingerprint density at radius 1 is 1.06 bits per heavy atom. The lowest BCUT2D eigenvalue weighted by molar-refractivity contribution is 0.101. The number of pyridine rings is 2. The first kappa shape index (κ1) is 19.9. The zero-order valence-electron chi connectivity index (χ0n) is 18.0. The molecule has 2 atom stereocenters. The maximum absolute atomic E-state index is 12.9. The second-order valence-electron chi connectivity index (χ2n) is 9.03. The summed E-state index contributed by atoms with van der Waals surface area (Å²) in [6.07, 6.45) is 4.35. The van der Waals surface area contributed by atoms with Crippen LogP contribution in [0.3, 0.4) is 0 Å². The molecule has 0 saturated carbocycles. The van der Waals surface area contributed by atoms with Gasteiger partial charge < -0.3 is 14.4 Å². The van der Waals surface area contributed by atoms with E-state index in [1.807, 2.05) is 28.8 Å². The van der Waals surface area contributed by atoms with Crippen LogP contribution in [0.4, 0.5) is 0 Å². The lowest BCUT2D eigenvalue weighted by Crippen LogP contribution is -2.46. The molecule has 2 aromatic heterocycles. The van der Waals surface area contributed by atoms with Crippen molar-refractivity contribution < 1.29 is 14.6 Å². The molecule has 0 aliphatic carbocycles. The molecule has 1 N–H and O–H groups in total. The van der Waals surface area contributed by atoms with Gasteiger partial charge in [-0.05, 0) is 42.7 Å². The molecule has 5 heterocycles. The quantitative estimate of drug-likeness (QED) is 0.629. The van der Waals surface area contributed by atoms with E-state index in [-0.39, 0.29) is 28.8 Å². The van der Waals surface area contributed by atoms with Crippen molar-refractivity contribution in [3.8, 4) is 11.5 Å². The predicted octanol–water partition coefficient (Wildman–Crippen LogP) is 3.18. The van der Waals surface area contributed by atoms with E-state index in [0.29, 0.717) is 41.6 Å². The van der Waals surface area contributed by atoms with Crippen LogP contribution in [0.1, 0.15) is 39.6 Å². The molecule has 7 heteroatoms. The second kappa shape index (κ2) is 7.71. The molecule has 3 aliphatic heterocycles. The molecule has 0 spiro atoms. The monoisotopic (exact) mass is 441 g/mol. The number of hydrogen-bond donors (Lipinski definition) is 1. The molecule has 1 fully saturated rings. The fourth-order valence-electron chi connectivity index (χ4n) is 5.39. The first-order valence-corrected chi connectivity index (χ1v) is 11.2. The van der Waals surface area contributed by atoms with Crippen molar-refractivity contribution in [1.82, 2.24) is 14.5 Å². The van der Waals surface area contributed by atoms with Gasteiger partial charge in [0.2, 0.25) is 5.78 Å². The number of likely N-dealkylation sites (tertiary alicyclic amines) is 1. The summed E-state index contributed by atoms with van der Waals surface area (Å²) < 4.78 is 7.89. The third kappa shape index (κ3) is 3.45. The summed E-state index contributed by atoms with van der Waals surface area (Å²) in [5.41, 5.74) is 2.86. The van der Waals surface area contributed by atoms with Crippen molar-refractivity contribution in [2.45, 2.75) is 25.4 Å². The van der Waals surface area contributed by atoms with Gasteiger partial charge >= 0.3 is 0 Å². The fourth-order valence-corrected chi connectivity index (χ4v) is 5.39. The van der Waals surface area contributed by atoms with E-state index in [1.165, 1.54) is 0 Å². The SMILES string of the molecule is O=C1/C(=C/c2ccccn2)Oc2c1ccc(O)c2CN1C[C@H]2C[C@@H](C1)c1cccc(=O)n1C2. The molecule has 0 radical (unpaired) electrons. The normalized spacial score (nSPS) is 22.7. The van der Waals surface area contributed by atoms with E-state index < -0.39 is 0 Å². The average molecular weight is 441 g/mol. The highest BCUT2D eigenvalue weighted by Crippen LogP contribution is 2.42. The van der Waals surface area contributed by atoms with E-state index in [1.54, 1.807) is 36.5 Å². The standard InChI is InChI=1S/C26H23N3O4/c30-22-8-7-19-25(32)23(11-18-4-1-2-9-27-18)33-26(19)20(22)15-28-12-16-10-17(14-28)21-5-3-6-24(31)29(21)13-16/h1-9,11,16-17,30H,10,12-15H2/b23-11-/t16-,17+/m1/s1. The van der Waals surface area contributed by atoms with E-state index in [0.717, 1.165) is 25.2 Å². The zero-order valence-corrected chi connectivity index (χ0v) is 18.0. The Morgan fingerprint density at radius 3 is 2.82 bits per heavy atom. The molecule has 1 aromatic carbocycles. The summed E-state index contributed by atoms with van der Waals surface area (Å²) in [6.45, 7) is 2.80. The van der Waals surface area contributed by atoms with Crippen molar-refractivity contribution in [1.29, 1.82) is 0 Å². The number of phenols is 1. The van der Waals surface area contributed by atoms with Gasteiger partial charge in [-0.3, -0.25) is 19.5 Å². The van der Waals surface area contributed by atoms with Gasteiger partial charge in [0, 0.05) is 56.1 Å². The average Bonchev–Trinajstić information content (AvgIpc) is 3.12. The molecule has 6 rings (SSSR count). The minimum atomic E-state index is -0.208. The highest BCUT2D eigenvalue weighted by molar-refractivity contribution is 6.14. The maximum atomic E-state index is 12.9. The van der Waals surface area contributed by atoms with Gasteiger partial charge in [-0.15, -0.1) is 0 Å². The minimum absolute atomic E-state index is 0.0632. The van der Waals surface area contributed by atoms with Gasteiger partial charge in [0.15, 0.2) is 5.76 Å². The summed E-state index contributed by atoms with van der Waals surface area (Å²) in [4.78, 5) is 31.8. The number of carbonyl (C=O) groups is 1. The predicted molar refractivity (Wildman–Crippen MR) is 122 cm³/mol. The number of piperidine rings is 1. The molecule has 1 saturated heterocycles. The summed E-state index contributed by atoms with van der Waals surface area (Å²) in [6, 6.07) is 14.1. The third-order valence-electron chi connectivity index (χ3n) is 6.82. The molecular formula is C26H23N3O4. The van der Waals surface area contributed by atoms with Crippen LogP contribution in [0.5, 0.6) is 11.5 Å². The number of aromatic hydroxyl groups is 1. The van der Waals surface area contributed by atoms with Crippen molar-refractivity contribution >= 4 is 11.9 Å². The second-order valence-corrected chi connectivity index (χ2v) is 9.03. The first-order valence-electron chi connectivity index (χ1n) is 11.2. The van der Waals surface area contributed by atoms with E-state index in [4.69, 9.17) is 4.74 Å². The van der Waals surface area contributed by atoms with Gasteiger partial charge in [0.1, 0.15) is 11.5 Å². The molecule has 166 valence electrons. The molecule has 0 amide bonds. The highest BCUT2D eigenvalue weighted by Gasteiger charge is 2.36. The minimum Gasteiger partial charge on any atom is -0.507 e. The van der Waals surface area contributed by atoms with Crippen LogP contribution in [0, 0.1) is 5.92 Å². The summed E-state index contributed by atoms with van der Waals surface area (Å²) in [7, 11) is 0. The van der Waals surface area contributed by atoms with Gasteiger partial charge in [-0.1, -0.05) is 12.1 Å². The molecule has 0 unspecified atom stereocenters. The van der Waals surface area contributed by atoms with Crippen LogP contribution in [0.25, 0.3) is 6.08 Å². The number of carbonyl (C=O) groups excluding carboxylic acids is 1. The topological polar surface area (TPSA) is 84.7 Å². The van der Waals surface area contributed by atoms with Crippen molar-refractivity contribution in [2.75, 3.05) is 13.1 Å². The summed E-state index contributed by atoms with van der Waals surface area (Å²) in [5, 5.41) is 10.7. The van der Waals surface area contributed by atoms with E-state index in [9.17, 15) is 14.7 Å². The number of phenolic OH excluding ortho intramolecular Hbond substituents is 1. The highest BCUT2D eigenvalue weighted by atomic mass is 16.5.